The smallest absolute Gasteiger partial charge is 0.329 e. The minimum atomic E-state index is -1.12. The number of nitrogens with one attached hydrogen (secondary N) is 1. The molecule has 19 heavy (non-hydrogen) atoms. The molecule has 2 N–H and O–H groups in total. The van der Waals surface area contributed by atoms with Gasteiger partial charge in [0.2, 0.25) is 0 Å². The zero-order chi connectivity index (χ0) is 14.0. The quantitative estimate of drug-likeness (QED) is 0.888. The first-order valence-corrected chi connectivity index (χ1v) is 6.67. The largest absolute Gasteiger partial charge is 0.496 e. The molecule has 0 spiro atoms. The molecule has 1 aromatic rings. The summed E-state index contributed by atoms with van der Waals surface area (Å²) in [5, 5.41) is 11.8. The van der Waals surface area contributed by atoms with Gasteiger partial charge in [-0.1, -0.05) is 15.9 Å². The Labute approximate surface area is 119 Å². The topological polar surface area (TPSA) is 75.6 Å². The van der Waals surface area contributed by atoms with E-state index < -0.39 is 17.4 Å². The van der Waals surface area contributed by atoms with Crippen LogP contribution in [0.2, 0.25) is 0 Å². The Morgan fingerprint density at radius 2 is 2.11 bits per heavy atom. The lowest BCUT2D eigenvalue weighted by atomic mass is 9.76. The summed E-state index contributed by atoms with van der Waals surface area (Å²) in [5.74, 6) is -0.999. The Kier molecular flexibility index (Phi) is 3.80. The average Bonchev–Trinajstić information content (AvgIpc) is 2.32. The highest BCUT2D eigenvalue weighted by atomic mass is 79.9. The van der Waals surface area contributed by atoms with Crippen molar-refractivity contribution in [3.05, 3.63) is 28.2 Å². The zero-order valence-electron chi connectivity index (χ0n) is 10.4. The van der Waals surface area contributed by atoms with Crippen molar-refractivity contribution < 1.29 is 19.4 Å². The number of benzene rings is 1. The molecule has 102 valence electrons. The van der Waals surface area contributed by atoms with Gasteiger partial charge < -0.3 is 15.2 Å². The summed E-state index contributed by atoms with van der Waals surface area (Å²) in [6.45, 7) is 0. The maximum atomic E-state index is 12.2. The molecule has 1 aromatic carbocycles. The Morgan fingerprint density at radius 3 is 2.58 bits per heavy atom. The van der Waals surface area contributed by atoms with Gasteiger partial charge in [-0.25, -0.2) is 4.79 Å². The van der Waals surface area contributed by atoms with Gasteiger partial charge in [0, 0.05) is 4.47 Å². The number of carboxylic acids is 1. The highest BCUT2D eigenvalue weighted by Crippen LogP contribution is 2.33. The Balaban J connectivity index is 2.23. The standard InChI is InChI=1S/C13H14BrNO4/c1-19-10-7-8(14)3-4-9(10)11(16)15-13(12(17)18)5-2-6-13/h3-4,7H,2,5-6H2,1H3,(H,15,16)(H,17,18). The minimum Gasteiger partial charge on any atom is -0.496 e. The minimum absolute atomic E-state index is 0.332. The number of rotatable bonds is 4. The van der Waals surface area contributed by atoms with Crippen molar-refractivity contribution in [1.29, 1.82) is 0 Å². The van der Waals surface area contributed by atoms with Crippen LogP contribution < -0.4 is 10.1 Å². The second-order valence-corrected chi connectivity index (χ2v) is 5.46. The van der Waals surface area contributed by atoms with Gasteiger partial charge in [-0.15, -0.1) is 0 Å². The van der Waals surface area contributed by atoms with Crippen LogP contribution in [0.4, 0.5) is 0 Å². The first-order chi connectivity index (χ1) is 8.98. The molecule has 0 unspecified atom stereocenters. The maximum Gasteiger partial charge on any atom is 0.329 e. The van der Waals surface area contributed by atoms with Crippen molar-refractivity contribution in [1.82, 2.24) is 5.32 Å². The van der Waals surface area contributed by atoms with E-state index in [1.165, 1.54) is 7.11 Å². The van der Waals surface area contributed by atoms with Crippen molar-refractivity contribution in [3.8, 4) is 5.75 Å². The molecule has 0 aromatic heterocycles. The summed E-state index contributed by atoms with van der Waals surface area (Å²) < 4.78 is 5.93. The Bertz CT molecular complexity index is 525. The van der Waals surface area contributed by atoms with Gasteiger partial charge in [0.15, 0.2) is 0 Å². The fraction of sp³-hybridized carbons (Fsp3) is 0.385. The van der Waals surface area contributed by atoms with Crippen LogP contribution >= 0.6 is 15.9 Å². The van der Waals surface area contributed by atoms with Gasteiger partial charge in [-0.3, -0.25) is 4.79 Å². The predicted octanol–water partition coefficient (Wildman–Crippen LogP) is 2.19. The van der Waals surface area contributed by atoms with Gasteiger partial charge in [-0.05, 0) is 37.5 Å². The second-order valence-electron chi connectivity index (χ2n) is 4.54. The van der Waals surface area contributed by atoms with Crippen LogP contribution in [-0.4, -0.2) is 29.6 Å². The fourth-order valence-electron chi connectivity index (χ4n) is 2.06. The van der Waals surface area contributed by atoms with E-state index in [0.717, 1.165) is 10.9 Å². The van der Waals surface area contributed by atoms with E-state index in [-0.39, 0.29) is 0 Å². The van der Waals surface area contributed by atoms with Crippen molar-refractivity contribution in [2.75, 3.05) is 7.11 Å². The van der Waals surface area contributed by atoms with Crippen LogP contribution in [0.3, 0.4) is 0 Å². The number of amides is 1. The number of hydrogen-bond donors (Lipinski definition) is 2. The van der Waals surface area contributed by atoms with E-state index in [0.29, 0.717) is 24.2 Å². The van der Waals surface area contributed by atoms with E-state index in [1.807, 2.05) is 0 Å². The summed E-state index contributed by atoms with van der Waals surface area (Å²) in [4.78, 5) is 23.4. The lowest BCUT2D eigenvalue weighted by Crippen LogP contribution is -2.59. The van der Waals surface area contributed by atoms with Crippen LogP contribution in [0, 0.1) is 0 Å². The summed E-state index contributed by atoms with van der Waals surface area (Å²) in [6.07, 6.45) is 1.74. The number of ether oxygens (including phenoxy) is 1. The molecule has 0 heterocycles. The summed E-state index contributed by atoms with van der Waals surface area (Å²) >= 11 is 3.29. The number of hydrogen-bond acceptors (Lipinski definition) is 3. The SMILES string of the molecule is COc1cc(Br)ccc1C(=O)NC1(C(=O)O)CCC1. The lowest BCUT2D eigenvalue weighted by molar-refractivity contribution is -0.148. The Hall–Kier alpha value is -1.56. The summed E-state index contributed by atoms with van der Waals surface area (Å²) in [7, 11) is 1.47. The number of carbonyl (C=O) groups is 2. The third-order valence-corrected chi connectivity index (χ3v) is 3.87. The van der Waals surface area contributed by atoms with E-state index in [1.54, 1.807) is 18.2 Å². The molecule has 5 nitrogen and oxygen atoms in total. The molecule has 6 heteroatoms. The van der Waals surface area contributed by atoms with Crippen LogP contribution in [0.15, 0.2) is 22.7 Å². The number of halogens is 1. The van der Waals surface area contributed by atoms with Crippen LogP contribution in [0.5, 0.6) is 5.75 Å². The highest BCUT2D eigenvalue weighted by Gasteiger charge is 2.46. The third kappa shape index (κ3) is 2.58. The number of methoxy groups -OCH3 is 1. The molecule has 2 rings (SSSR count). The molecule has 1 saturated carbocycles. The van der Waals surface area contributed by atoms with Gasteiger partial charge in [0.1, 0.15) is 11.3 Å². The Morgan fingerprint density at radius 1 is 1.42 bits per heavy atom. The molecule has 1 amide bonds. The van der Waals surface area contributed by atoms with E-state index >= 15 is 0 Å². The third-order valence-electron chi connectivity index (χ3n) is 3.38. The molecular weight excluding hydrogens is 314 g/mol. The molecule has 0 radical (unpaired) electrons. The fourth-order valence-corrected chi connectivity index (χ4v) is 2.40. The van der Waals surface area contributed by atoms with Gasteiger partial charge in [-0.2, -0.15) is 0 Å². The van der Waals surface area contributed by atoms with Crippen molar-refractivity contribution in [3.63, 3.8) is 0 Å². The molecule has 0 aliphatic heterocycles. The molecule has 1 aliphatic rings. The van der Waals surface area contributed by atoms with Gasteiger partial charge in [0.25, 0.3) is 5.91 Å². The maximum absolute atomic E-state index is 12.2. The second kappa shape index (κ2) is 5.21. The monoisotopic (exact) mass is 327 g/mol. The highest BCUT2D eigenvalue weighted by molar-refractivity contribution is 9.10. The van der Waals surface area contributed by atoms with Crippen LogP contribution in [-0.2, 0) is 4.79 Å². The average molecular weight is 328 g/mol. The summed E-state index contributed by atoms with van der Waals surface area (Å²) in [5.41, 5.74) is -0.784. The number of carbonyl (C=O) groups excluding carboxylic acids is 1. The van der Waals surface area contributed by atoms with E-state index in [9.17, 15) is 14.7 Å². The molecular formula is C13H14BrNO4. The predicted molar refractivity (Wildman–Crippen MR) is 72.4 cm³/mol. The van der Waals surface area contributed by atoms with Gasteiger partial charge in [0.05, 0.1) is 12.7 Å². The molecule has 0 bridgehead atoms. The number of aliphatic carboxylic acids is 1. The normalized spacial score (nSPS) is 16.3. The molecule has 0 saturated heterocycles. The number of carboxylic acid groups (broad SMARTS) is 1. The van der Waals surface area contributed by atoms with Crippen LogP contribution in [0.25, 0.3) is 0 Å². The van der Waals surface area contributed by atoms with Crippen LogP contribution in [0.1, 0.15) is 29.6 Å². The van der Waals surface area contributed by atoms with Crippen molar-refractivity contribution in [2.45, 2.75) is 24.8 Å². The first kappa shape index (κ1) is 13.9. The van der Waals surface area contributed by atoms with E-state index in [4.69, 9.17) is 4.74 Å². The molecule has 1 fully saturated rings. The lowest BCUT2D eigenvalue weighted by Gasteiger charge is -2.38. The van der Waals surface area contributed by atoms with Crippen molar-refractivity contribution in [2.24, 2.45) is 0 Å². The molecule has 0 atom stereocenters. The zero-order valence-corrected chi connectivity index (χ0v) is 12.0. The molecule has 1 aliphatic carbocycles. The van der Waals surface area contributed by atoms with E-state index in [2.05, 4.69) is 21.2 Å². The first-order valence-electron chi connectivity index (χ1n) is 5.88. The summed E-state index contributed by atoms with van der Waals surface area (Å²) in [6, 6.07) is 4.99. The van der Waals surface area contributed by atoms with Crippen molar-refractivity contribution >= 4 is 27.8 Å². The van der Waals surface area contributed by atoms with Gasteiger partial charge >= 0.3 is 5.97 Å².